The van der Waals surface area contributed by atoms with Gasteiger partial charge in [-0.1, -0.05) is 0 Å². The highest BCUT2D eigenvalue weighted by Gasteiger charge is 2.17. The van der Waals surface area contributed by atoms with Crippen LogP contribution in [0.4, 0.5) is 5.82 Å². The summed E-state index contributed by atoms with van der Waals surface area (Å²) >= 11 is 0. The number of carbonyl (C=O) groups is 1. The fourth-order valence-electron chi connectivity index (χ4n) is 2.12. The van der Waals surface area contributed by atoms with E-state index in [1.54, 1.807) is 6.92 Å². The molecule has 3 heteroatoms. The molecule has 0 N–H and O–H groups in total. The maximum atomic E-state index is 11.3. The molecule has 0 aromatic carbocycles. The molecule has 2 rings (SSSR count). The predicted octanol–water partition coefficient (Wildman–Crippen LogP) is 1.83. The van der Waals surface area contributed by atoms with Crippen LogP contribution in [0.25, 0.3) is 0 Å². The van der Waals surface area contributed by atoms with E-state index in [1.807, 2.05) is 23.7 Å². The molecule has 14 heavy (non-hydrogen) atoms. The highest BCUT2D eigenvalue weighted by molar-refractivity contribution is 5.93. The zero-order valence-corrected chi connectivity index (χ0v) is 8.79. The van der Waals surface area contributed by atoms with Gasteiger partial charge in [-0.25, -0.2) is 0 Å². The van der Waals surface area contributed by atoms with Crippen LogP contribution in [0.15, 0.2) is 12.1 Å². The molecular weight excluding hydrogens is 176 g/mol. The van der Waals surface area contributed by atoms with Crippen LogP contribution >= 0.6 is 0 Å². The Bertz CT molecular complexity index is 348. The molecule has 0 aliphatic carbocycles. The Hall–Kier alpha value is -1.25. The van der Waals surface area contributed by atoms with Crippen LogP contribution in [0.1, 0.15) is 30.3 Å². The maximum absolute atomic E-state index is 11.3. The summed E-state index contributed by atoms with van der Waals surface area (Å²) in [5.41, 5.74) is 0.798. The second kappa shape index (κ2) is 3.48. The van der Waals surface area contributed by atoms with Crippen molar-refractivity contribution in [2.45, 2.75) is 19.8 Å². The highest BCUT2D eigenvalue weighted by atomic mass is 16.1. The van der Waals surface area contributed by atoms with Crippen LogP contribution in [0.3, 0.4) is 0 Å². The van der Waals surface area contributed by atoms with Gasteiger partial charge in [-0.15, -0.1) is 0 Å². The summed E-state index contributed by atoms with van der Waals surface area (Å²) in [6, 6.07) is 3.96. The Labute approximate surface area is 84.3 Å². The molecule has 2 heterocycles. The third kappa shape index (κ3) is 1.43. The van der Waals surface area contributed by atoms with E-state index in [-0.39, 0.29) is 5.78 Å². The number of Topliss-reactive ketones (excluding diaryl/α,β-unsaturated/α-hetero) is 1. The van der Waals surface area contributed by atoms with Gasteiger partial charge in [0.25, 0.3) is 0 Å². The molecule has 1 fully saturated rings. The standard InChI is InChI=1S/C11H16N2O/c1-9(14)10-5-6-11(12(10)2)13-7-3-4-8-13/h5-6H,3-4,7-8H2,1-2H3. The second-order valence-corrected chi connectivity index (χ2v) is 3.89. The quantitative estimate of drug-likeness (QED) is 0.668. The van der Waals surface area contributed by atoms with Crippen LogP contribution in [-0.4, -0.2) is 23.4 Å². The third-order valence-corrected chi connectivity index (χ3v) is 2.89. The minimum absolute atomic E-state index is 0.137. The Kier molecular flexibility index (Phi) is 2.32. The molecule has 0 unspecified atom stereocenters. The lowest BCUT2D eigenvalue weighted by Gasteiger charge is -2.18. The molecular formula is C11H16N2O. The lowest BCUT2D eigenvalue weighted by atomic mass is 10.3. The zero-order chi connectivity index (χ0) is 10.1. The van der Waals surface area contributed by atoms with Gasteiger partial charge in [0.05, 0.1) is 5.69 Å². The molecule has 76 valence electrons. The van der Waals surface area contributed by atoms with E-state index < -0.39 is 0 Å². The van der Waals surface area contributed by atoms with Crippen molar-refractivity contribution in [2.24, 2.45) is 7.05 Å². The smallest absolute Gasteiger partial charge is 0.176 e. The minimum atomic E-state index is 0.137. The van der Waals surface area contributed by atoms with Gasteiger partial charge >= 0.3 is 0 Å². The maximum Gasteiger partial charge on any atom is 0.176 e. The summed E-state index contributed by atoms with van der Waals surface area (Å²) in [6.07, 6.45) is 2.53. The normalized spacial score (nSPS) is 16.3. The number of hydrogen-bond donors (Lipinski definition) is 0. The average molecular weight is 192 g/mol. The molecule has 0 radical (unpaired) electrons. The van der Waals surface area contributed by atoms with Gasteiger partial charge in [0.2, 0.25) is 0 Å². The van der Waals surface area contributed by atoms with Crippen molar-refractivity contribution in [3.63, 3.8) is 0 Å². The summed E-state index contributed by atoms with van der Waals surface area (Å²) in [7, 11) is 1.96. The van der Waals surface area contributed by atoms with Gasteiger partial charge in [-0.2, -0.15) is 0 Å². The van der Waals surface area contributed by atoms with Gasteiger partial charge in [-0.3, -0.25) is 4.79 Å². The van der Waals surface area contributed by atoms with E-state index in [2.05, 4.69) is 4.90 Å². The second-order valence-electron chi connectivity index (χ2n) is 3.89. The van der Waals surface area contributed by atoms with Crippen LogP contribution in [0.2, 0.25) is 0 Å². The van der Waals surface area contributed by atoms with Crippen molar-refractivity contribution in [1.82, 2.24) is 4.57 Å². The summed E-state index contributed by atoms with van der Waals surface area (Å²) in [5.74, 6) is 1.31. The summed E-state index contributed by atoms with van der Waals surface area (Å²) in [4.78, 5) is 13.6. The number of aromatic nitrogens is 1. The van der Waals surface area contributed by atoms with Gasteiger partial charge < -0.3 is 9.47 Å². The van der Waals surface area contributed by atoms with Crippen LogP contribution in [0.5, 0.6) is 0 Å². The van der Waals surface area contributed by atoms with Gasteiger partial charge in [-0.05, 0) is 25.0 Å². The summed E-state index contributed by atoms with van der Waals surface area (Å²) < 4.78 is 1.99. The van der Waals surface area contributed by atoms with Crippen molar-refractivity contribution in [1.29, 1.82) is 0 Å². The molecule has 0 bridgehead atoms. The van der Waals surface area contributed by atoms with E-state index >= 15 is 0 Å². The summed E-state index contributed by atoms with van der Waals surface area (Å²) in [6.45, 7) is 3.85. The number of hydrogen-bond acceptors (Lipinski definition) is 2. The first kappa shape index (κ1) is 9.31. The van der Waals surface area contributed by atoms with Gasteiger partial charge in [0.1, 0.15) is 5.82 Å². The lowest BCUT2D eigenvalue weighted by Crippen LogP contribution is -2.21. The van der Waals surface area contributed by atoms with E-state index in [4.69, 9.17) is 0 Å². The SMILES string of the molecule is CC(=O)c1ccc(N2CCCC2)n1C. The number of ketones is 1. The number of anilines is 1. The molecule has 3 nitrogen and oxygen atoms in total. The van der Waals surface area contributed by atoms with Gasteiger partial charge in [0.15, 0.2) is 5.78 Å². The van der Waals surface area contributed by atoms with E-state index in [0.717, 1.165) is 18.8 Å². The molecule has 1 aromatic rings. The molecule has 1 aliphatic rings. The zero-order valence-electron chi connectivity index (χ0n) is 8.79. The topological polar surface area (TPSA) is 25.2 Å². The van der Waals surface area contributed by atoms with Crippen LogP contribution in [-0.2, 0) is 7.05 Å². The number of carbonyl (C=O) groups excluding carboxylic acids is 1. The first-order valence-corrected chi connectivity index (χ1v) is 5.12. The Balaban J connectivity index is 2.30. The molecule has 1 aliphatic heterocycles. The average Bonchev–Trinajstić information content (AvgIpc) is 2.71. The van der Waals surface area contributed by atoms with E-state index in [0.29, 0.717) is 0 Å². The molecule has 0 atom stereocenters. The minimum Gasteiger partial charge on any atom is -0.358 e. The van der Waals surface area contributed by atoms with E-state index in [9.17, 15) is 4.79 Å². The van der Waals surface area contributed by atoms with Crippen molar-refractivity contribution in [3.8, 4) is 0 Å². The fraction of sp³-hybridized carbons (Fsp3) is 0.545. The Morgan fingerprint density at radius 3 is 2.43 bits per heavy atom. The monoisotopic (exact) mass is 192 g/mol. The van der Waals surface area contributed by atoms with Crippen molar-refractivity contribution < 1.29 is 4.79 Å². The predicted molar refractivity (Wildman–Crippen MR) is 56.9 cm³/mol. The van der Waals surface area contributed by atoms with Crippen molar-refractivity contribution in [3.05, 3.63) is 17.8 Å². The van der Waals surface area contributed by atoms with Crippen LogP contribution in [0, 0.1) is 0 Å². The molecule has 0 saturated carbocycles. The van der Waals surface area contributed by atoms with Gasteiger partial charge in [0, 0.05) is 27.1 Å². The van der Waals surface area contributed by atoms with Crippen molar-refractivity contribution in [2.75, 3.05) is 18.0 Å². The number of nitrogens with zero attached hydrogens (tertiary/aromatic N) is 2. The number of rotatable bonds is 2. The summed E-state index contributed by atoms with van der Waals surface area (Å²) in [5, 5.41) is 0. The fourth-order valence-corrected chi connectivity index (χ4v) is 2.12. The highest BCUT2D eigenvalue weighted by Crippen LogP contribution is 2.22. The van der Waals surface area contributed by atoms with E-state index in [1.165, 1.54) is 18.7 Å². The Morgan fingerprint density at radius 1 is 1.29 bits per heavy atom. The molecule has 1 saturated heterocycles. The first-order chi connectivity index (χ1) is 6.70. The van der Waals surface area contributed by atoms with Crippen LogP contribution < -0.4 is 4.90 Å². The third-order valence-electron chi connectivity index (χ3n) is 2.89. The molecule has 0 spiro atoms. The van der Waals surface area contributed by atoms with Crippen molar-refractivity contribution >= 4 is 11.6 Å². The largest absolute Gasteiger partial charge is 0.358 e. The Morgan fingerprint density at radius 2 is 1.93 bits per heavy atom. The molecule has 1 aromatic heterocycles. The lowest BCUT2D eigenvalue weighted by molar-refractivity contribution is 0.101. The molecule has 0 amide bonds. The first-order valence-electron chi connectivity index (χ1n) is 5.12.